The van der Waals surface area contributed by atoms with E-state index in [0.29, 0.717) is 5.56 Å². The van der Waals surface area contributed by atoms with Gasteiger partial charge >= 0.3 is 0 Å². The van der Waals surface area contributed by atoms with E-state index in [9.17, 15) is 14.5 Å². The summed E-state index contributed by atoms with van der Waals surface area (Å²) in [4.78, 5) is 10.4. The lowest BCUT2D eigenvalue weighted by atomic mass is 9.93. The average Bonchev–Trinajstić information content (AvgIpc) is 2.34. The van der Waals surface area contributed by atoms with E-state index in [1.54, 1.807) is 0 Å². The zero-order chi connectivity index (χ0) is 13.7. The number of nitro benzene ring substituents is 1. The number of hydrogen-bond donors (Lipinski definition) is 1. The van der Waals surface area contributed by atoms with E-state index in [1.807, 2.05) is 13.8 Å². The molecule has 1 aromatic carbocycles. The summed E-state index contributed by atoms with van der Waals surface area (Å²) in [5, 5.41) is 14.2. The van der Waals surface area contributed by atoms with Gasteiger partial charge in [0.2, 0.25) is 0 Å². The van der Waals surface area contributed by atoms with Crippen LogP contribution in [0.5, 0.6) is 0 Å². The molecule has 0 saturated carbocycles. The quantitative estimate of drug-likeness (QED) is 0.626. The maximum absolute atomic E-state index is 13.1. The lowest BCUT2D eigenvalue weighted by Gasteiger charge is -2.21. The Labute approximate surface area is 106 Å². The SMILES string of the molecule is CCCNC(C)C(C)c1ccc(F)cc1[N+](=O)[O-]. The van der Waals surface area contributed by atoms with Crippen molar-refractivity contribution in [1.29, 1.82) is 0 Å². The Balaban J connectivity index is 2.97. The van der Waals surface area contributed by atoms with Crippen LogP contribution in [0.2, 0.25) is 0 Å². The Morgan fingerprint density at radius 2 is 2.11 bits per heavy atom. The summed E-state index contributed by atoms with van der Waals surface area (Å²) in [5.41, 5.74) is 0.421. The van der Waals surface area contributed by atoms with E-state index in [2.05, 4.69) is 12.2 Å². The maximum Gasteiger partial charge on any atom is 0.275 e. The molecule has 0 radical (unpaired) electrons. The summed E-state index contributed by atoms with van der Waals surface area (Å²) in [5.74, 6) is -0.621. The topological polar surface area (TPSA) is 55.2 Å². The molecule has 0 aliphatic carbocycles. The molecule has 0 aliphatic heterocycles. The summed E-state index contributed by atoms with van der Waals surface area (Å²) in [6, 6.07) is 3.86. The summed E-state index contributed by atoms with van der Waals surface area (Å²) >= 11 is 0. The first-order valence-electron chi connectivity index (χ1n) is 6.14. The molecule has 18 heavy (non-hydrogen) atoms. The predicted molar refractivity (Wildman–Crippen MR) is 69.2 cm³/mol. The van der Waals surface area contributed by atoms with E-state index >= 15 is 0 Å². The van der Waals surface area contributed by atoms with Gasteiger partial charge in [0.25, 0.3) is 5.69 Å². The van der Waals surface area contributed by atoms with E-state index in [-0.39, 0.29) is 17.6 Å². The van der Waals surface area contributed by atoms with Crippen LogP contribution in [0, 0.1) is 15.9 Å². The fourth-order valence-electron chi connectivity index (χ4n) is 1.88. The number of halogens is 1. The molecule has 5 heteroatoms. The first kappa shape index (κ1) is 14.6. The van der Waals surface area contributed by atoms with Crippen LogP contribution >= 0.6 is 0 Å². The molecule has 2 atom stereocenters. The van der Waals surface area contributed by atoms with E-state index in [1.165, 1.54) is 12.1 Å². The van der Waals surface area contributed by atoms with Crippen LogP contribution in [-0.4, -0.2) is 17.5 Å². The highest BCUT2D eigenvalue weighted by atomic mass is 19.1. The molecule has 1 rings (SSSR count). The Hall–Kier alpha value is -1.49. The molecule has 0 spiro atoms. The zero-order valence-corrected chi connectivity index (χ0v) is 10.9. The molecule has 0 saturated heterocycles. The summed E-state index contributed by atoms with van der Waals surface area (Å²) in [6.45, 7) is 6.81. The third-order valence-corrected chi connectivity index (χ3v) is 3.15. The third kappa shape index (κ3) is 3.50. The Morgan fingerprint density at radius 1 is 1.44 bits per heavy atom. The molecule has 1 N–H and O–H groups in total. The van der Waals surface area contributed by atoms with Crippen LogP contribution in [0.3, 0.4) is 0 Å². The van der Waals surface area contributed by atoms with Gasteiger partial charge in [-0.3, -0.25) is 10.1 Å². The highest BCUT2D eigenvalue weighted by Crippen LogP contribution is 2.29. The van der Waals surface area contributed by atoms with Gasteiger partial charge in [0.15, 0.2) is 0 Å². The van der Waals surface area contributed by atoms with Gasteiger partial charge in [-0.15, -0.1) is 0 Å². The van der Waals surface area contributed by atoms with Crippen molar-refractivity contribution in [2.45, 2.75) is 39.2 Å². The van der Waals surface area contributed by atoms with Gasteiger partial charge in [0.05, 0.1) is 11.0 Å². The molecule has 0 fully saturated rings. The smallest absolute Gasteiger partial charge is 0.275 e. The zero-order valence-electron chi connectivity index (χ0n) is 10.9. The average molecular weight is 254 g/mol. The highest BCUT2D eigenvalue weighted by Gasteiger charge is 2.23. The highest BCUT2D eigenvalue weighted by molar-refractivity contribution is 5.43. The van der Waals surface area contributed by atoms with Gasteiger partial charge in [0.1, 0.15) is 5.82 Å². The summed E-state index contributed by atoms with van der Waals surface area (Å²) in [7, 11) is 0. The molecule has 0 bridgehead atoms. The van der Waals surface area contributed by atoms with Gasteiger partial charge < -0.3 is 5.32 Å². The van der Waals surface area contributed by atoms with Crippen LogP contribution in [0.1, 0.15) is 38.7 Å². The first-order chi connectivity index (χ1) is 8.47. The van der Waals surface area contributed by atoms with E-state index < -0.39 is 10.7 Å². The number of hydrogen-bond acceptors (Lipinski definition) is 3. The molecule has 1 aromatic rings. The number of nitrogens with zero attached hydrogens (tertiary/aromatic N) is 1. The van der Waals surface area contributed by atoms with Crippen LogP contribution in [0.15, 0.2) is 18.2 Å². The van der Waals surface area contributed by atoms with Gasteiger partial charge in [-0.1, -0.05) is 13.8 Å². The second-order valence-corrected chi connectivity index (χ2v) is 4.49. The summed E-state index contributed by atoms with van der Waals surface area (Å²) in [6.07, 6.45) is 1.00. The van der Waals surface area contributed by atoms with Crippen molar-refractivity contribution >= 4 is 5.69 Å². The lowest BCUT2D eigenvalue weighted by molar-refractivity contribution is -0.385. The fourth-order valence-corrected chi connectivity index (χ4v) is 1.88. The van der Waals surface area contributed by atoms with Crippen LogP contribution in [0.4, 0.5) is 10.1 Å². The van der Waals surface area contributed by atoms with Crippen molar-refractivity contribution in [1.82, 2.24) is 5.32 Å². The lowest BCUT2D eigenvalue weighted by Crippen LogP contribution is -2.31. The third-order valence-electron chi connectivity index (χ3n) is 3.15. The molecular weight excluding hydrogens is 235 g/mol. The van der Waals surface area contributed by atoms with Crippen molar-refractivity contribution in [3.8, 4) is 0 Å². The molecule has 2 unspecified atom stereocenters. The number of nitrogens with one attached hydrogen (secondary N) is 1. The minimum atomic E-state index is -0.577. The normalized spacial score (nSPS) is 14.2. The summed E-state index contributed by atoms with van der Waals surface area (Å²) < 4.78 is 13.1. The Bertz CT molecular complexity index is 423. The predicted octanol–water partition coefficient (Wildman–Crippen LogP) is 3.23. The van der Waals surface area contributed by atoms with Crippen LogP contribution < -0.4 is 5.32 Å². The fraction of sp³-hybridized carbons (Fsp3) is 0.538. The minimum Gasteiger partial charge on any atom is -0.314 e. The minimum absolute atomic E-state index is 0.0439. The van der Waals surface area contributed by atoms with Crippen molar-refractivity contribution in [2.24, 2.45) is 0 Å². The van der Waals surface area contributed by atoms with Gasteiger partial charge in [-0.2, -0.15) is 0 Å². The van der Waals surface area contributed by atoms with Gasteiger partial charge in [-0.05, 0) is 32.0 Å². The van der Waals surface area contributed by atoms with Crippen LogP contribution in [-0.2, 0) is 0 Å². The Morgan fingerprint density at radius 3 is 2.67 bits per heavy atom. The molecule has 0 aromatic heterocycles. The van der Waals surface area contributed by atoms with E-state index in [4.69, 9.17) is 0 Å². The van der Waals surface area contributed by atoms with Gasteiger partial charge in [0, 0.05) is 17.5 Å². The van der Waals surface area contributed by atoms with E-state index in [0.717, 1.165) is 19.0 Å². The van der Waals surface area contributed by atoms with Crippen molar-refractivity contribution in [3.05, 3.63) is 39.7 Å². The molecular formula is C13H19FN2O2. The first-order valence-corrected chi connectivity index (χ1v) is 6.14. The van der Waals surface area contributed by atoms with Crippen molar-refractivity contribution in [2.75, 3.05) is 6.54 Å². The molecule has 4 nitrogen and oxygen atoms in total. The number of benzene rings is 1. The van der Waals surface area contributed by atoms with Crippen molar-refractivity contribution < 1.29 is 9.31 Å². The standard InChI is InChI=1S/C13H19FN2O2/c1-4-7-15-10(3)9(2)12-6-5-11(14)8-13(12)16(17)18/h5-6,8-10,15H,4,7H2,1-3H3. The van der Waals surface area contributed by atoms with Crippen molar-refractivity contribution in [3.63, 3.8) is 0 Å². The maximum atomic E-state index is 13.1. The monoisotopic (exact) mass is 254 g/mol. The number of nitro groups is 1. The molecule has 100 valence electrons. The second kappa shape index (κ2) is 6.44. The largest absolute Gasteiger partial charge is 0.314 e. The van der Waals surface area contributed by atoms with Crippen LogP contribution in [0.25, 0.3) is 0 Å². The Kier molecular flexibility index (Phi) is 5.22. The molecule has 0 amide bonds. The second-order valence-electron chi connectivity index (χ2n) is 4.49. The van der Waals surface area contributed by atoms with Gasteiger partial charge in [-0.25, -0.2) is 4.39 Å². The molecule has 0 heterocycles. The number of rotatable bonds is 6. The molecule has 0 aliphatic rings.